The molecule has 21 heavy (non-hydrogen) atoms. The van der Waals surface area contributed by atoms with Crippen LogP contribution in [-0.4, -0.2) is 12.1 Å². The zero-order valence-corrected chi connectivity index (χ0v) is 12.8. The lowest BCUT2D eigenvalue weighted by molar-refractivity contribution is -0.120. The fourth-order valence-corrected chi connectivity index (χ4v) is 2.11. The molecule has 0 aliphatic rings. The van der Waals surface area contributed by atoms with Crippen LogP contribution in [-0.2, 0) is 11.2 Å². The van der Waals surface area contributed by atoms with Gasteiger partial charge in [-0.3, -0.25) is 4.79 Å². The van der Waals surface area contributed by atoms with E-state index in [9.17, 15) is 4.79 Å². The number of benzene rings is 2. The molecule has 0 unspecified atom stereocenters. The summed E-state index contributed by atoms with van der Waals surface area (Å²) in [6.07, 6.45) is 1.92. The Balaban J connectivity index is 1.91. The van der Waals surface area contributed by atoms with Crippen LogP contribution in [0.25, 0.3) is 0 Å². The molecule has 1 amide bonds. The van der Waals surface area contributed by atoms with E-state index in [4.69, 9.17) is 11.6 Å². The van der Waals surface area contributed by atoms with Crippen molar-refractivity contribution < 1.29 is 4.79 Å². The summed E-state index contributed by atoms with van der Waals surface area (Å²) in [5, 5.41) is 4.62. The normalized spacial score (nSPS) is 10.8. The summed E-state index contributed by atoms with van der Waals surface area (Å²) < 4.78 is 0. The molecule has 0 saturated heterocycles. The molecule has 0 saturated carbocycles. The first kappa shape index (κ1) is 15.3. The summed E-state index contributed by atoms with van der Waals surface area (Å²) in [4.78, 5) is 11.8. The molecule has 2 aromatic rings. The molecule has 2 rings (SSSR count). The van der Waals surface area contributed by atoms with E-state index in [2.05, 4.69) is 16.6 Å². The van der Waals surface area contributed by atoms with Crippen molar-refractivity contribution in [3.8, 4) is 0 Å². The molecule has 2 aromatic carbocycles. The molecule has 0 atom stereocenters. The molecule has 0 aromatic heterocycles. The van der Waals surface area contributed by atoms with Crippen LogP contribution in [0.15, 0.2) is 47.6 Å². The standard InChI is InChI=1S/C17H17ClN2O/c1-12-3-6-15(13(2)9-12)10-17(21)20-19-11-14-4-7-16(18)8-5-14/h3-9,11H,10H2,1-2H3,(H,20,21)/b19-11+. The second-order valence-corrected chi connectivity index (χ2v) is 5.39. The van der Waals surface area contributed by atoms with E-state index in [0.29, 0.717) is 11.4 Å². The molecule has 0 aliphatic carbocycles. The van der Waals surface area contributed by atoms with Gasteiger partial charge in [0.25, 0.3) is 0 Å². The average Bonchev–Trinajstić information content (AvgIpc) is 2.44. The van der Waals surface area contributed by atoms with E-state index in [0.717, 1.165) is 16.7 Å². The van der Waals surface area contributed by atoms with Crippen molar-refractivity contribution in [3.05, 3.63) is 69.7 Å². The Morgan fingerprint density at radius 3 is 2.57 bits per heavy atom. The maximum Gasteiger partial charge on any atom is 0.244 e. The Kier molecular flexibility index (Phi) is 5.12. The predicted molar refractivity (Wildman–Crippen MR) is 86.8 cm³/mol. The smallest absolute Gasteiger partial charge is 0.244 e. The van der Waals surface area contributed by atoms with Gasteiger partial charge in [-0.25, -0.2) is 5.43 Å². The Morgan fingerprint density at radius 2 is 1.90 bits per heavy atom. The number of aryl methyl sites for hydroxylation is 2. The van der Waals surface area contributed by atoms with Crippen LogP contribution in [0.3, 0.4) is 0 Å². The van der Waals surface area contributed by atoms with Crippen LogP contribution in [0.4, 0.5) is 0 Å². The summed E-state index contributed by atoms with van der Waals surface area (Å²) >= 11 is 5.80. The van der Waals surface area contributed by atoms with E-state index < -0.39 is 0 Å². The number of amides is 1. The lowest BCUT2D eigenvalue weighted by Crippen LogP contribution is -2.20. The largest absolute Gasteiger partial charge is 0.273 e. The van der Waals surface area contributed by atoms with Crippen molar-refractivity contribution in [2.75, 3.05) is 0 Å². The van der Waals surface area contributed by atoms with Gasteiger partial charge in [0.15, 0.2) is 0 Å². The minimum atomic E-state index is -0.132. The molecule has 0 heterocycles. The first-order valence-corrected chi connectivity index (χ1v) is 7.06. The van der Waals surface area contributed by atoms with Gasteiger partial charge in [0.05, 0.1) is 12.6 Å². The molecule has 108 valence electrons. The number of hydrogen-bond donors (Lipinski definition) is 1. The van der Waals surface area contributed by atoms with E-state index >= 15 is 0 Å². The minimum Gasteiger partial charge on any atom is -0.273 e. The van der Waals surface area contributed by atoms with Crippen molar-refractivity contribution in [2.24, 2.45) is 5.10 Å². The number of hydrogen-bond acceptors (Lipinski definition) is 2. The van der Waals surface area contributed by atoms with Crippen molar-refractivity contribution in [2.45, 2.75) is 20.3 Å². The minimum absolute atomic E-state index is 0.132. The van der Waals surface area contributed by atoms with E-state index in [1.165, 1.54) is 5.56 Å². The zero-order chi connectivity index (χ0) is 15.2. The van der Waals surface area contributed by atoms with Gasteiger partial charge < -0.3 is 0 Å². The lowest BCUT2D eigenvalue weighted by atomic mass is 10.0. The highest BCUT2D eigenvalue weighted by atomic mass is 35.5. The van der Waals surface area contributed by atoms with Gasteiger partial charge >= 0.3 is 0 Å². The van der Waals surface area contributed by atoms with Crippen LogP contribution in [0, 0.1) is 13.8 Å². The molecule has 0 aliphatic heterocycles. The first-order chi connectivity index (χ1) is 10.0. The van der Waals surface area contributed by atoms with Gasteiger partial charge in [0.2, 0.25) is 5.91 Å². The third-order valence-electron chi connectivity index (χ3n) is 3.12. The quantitative estimate of drug-likeness (QED) is 0.679. The Hall–Kier alpha value is -2.13. The highest BCUT2D eigenvalue weighted by molar-refractivity contribution is 6.30. The van der Waals surface area contributed by atoms with Gasteiger partial charge in [0, 0.05) is 5.02 Å². The molecule has 4 heteroatoms. The molecule has 0 spiro atoms. The number of nitrogens with one attached hydrogen (secondary N) is 1. The van der Waals surface area contributed by atoms with Gasteiger partial charge in [-0.2, -0.15) is 5.10 Å². The number of carbonyl (C=O) groups excluding carboxylic acids is 1. The Bertz CT molecular complexity index is 663. The fraction of sp³-hybridized carbons (Fsp3) is 0.176. The first-order valence-electron chi connectivity index (χ1n) is 6.68. The third-order valence-corrected chi connectivity index (χ3v) is 3.37. The van der Waals surface area contributed by atoms with E-state index in [1.807, 2.05) is 38.1 Å². The molecule has 0 fully saturated rings. The van der Waals surface area contributed by atoms with Gasteiger partial charge in [-0.1, -0.05) is 47.5 Å². The van der Waals surface area contributed by atoms with E-state index in [1.54, 1.807) is 18.3 Å². The van der Waals surface area contributed by atoms with Crippen molar-refractivity contribution >= 4 is 23.7 Å². The van der Waals surface area contributed by atoms with Crippen LogP contribution < -0.4 is 5.43 Å². The number of carbonyl (C=O) groups is 1. The van der Waals surface area contributed by atoms with Crippen LogP contribution in [0.2, 0.25) is 5.02 Å². The molecule has 0 bridgehead atoms. The average molecular weight is 301 g/mol. The Morgan fingerprint density at radius 1 is 1.19 bits per heavy atom. The van der Waals surface area contributed by atoms with Crippen molar-refractivity contribution in [1.82, 2.24) is 5.43 Å². The number of nitrogens with zero attached hydrogens (tertiary/aromatic N) is 1. The van der Waals surface area contributed by atoms with Gasteiger partial charge in [0.1, 0.15) is 0 Å². The molecule has 3 nitrogen and oxygen atoms in total. The topological polar surface area (TPSA) is 41.5 Å². The van der Waals surface area contributed by atoms with Gasteiger partial charge in [-0.05, 0) is 42.7 Å². The molecular weight excluding hydrogens is 284 g/mol. The van der Waals surface area contributed by atoms with Crippen LogP contribution in [0.1, 0.15) is 22.3 Å². The summed E-state index contributed by atoms with van der Waals surface area (Å²) in [6, 6.07) is 13.3. The third kappa shape index (κ3) is 4.72. The maximum atomic E-state index is 11.8. The molecule has 1 N–H and O–H groups in total. The summed E-state index contributed by atoms with van der Waals surface area (Å²) in [6.45, 7) is 4.04. The Labute approximate surface area is 129 Å². The maximum absolute atomic E-state index is 11.8. The zero-order valence-electron chi connectivity index (χ0n) is 12.1. The number of rotatable bonds is 4. The lowest BCUT2D eigenvalue weighted by Gasteiger charge is -2.05. The second-order valence-electron chi connectivity index (χ2n) is 4.95. The summed E-state index contributed by atoms with van der Waals surface area (Å²) in [7, 11) is 0. The molecular formula is C17H17ClN2O. The van der Waals surface area contributed by atoms with Crippen LogP contribution in [0.5, 0.6) is 0 Å². The number of halogens is 1. The highest BCUT2D eigenvalue weighted by Crippen LogP contribution is 2.11. The van der Waals surface area contributed by atoms with Crippen molar-refractivity contribution in [1.29, 1.82) is 0 Å². The van der Waals surface area contributed by atoms with Crippen LogP contribution >= 0.6 is 11.6 Å². The fourth-order valence-electron chi connectivity index (χ4n) is 1.98. The van der Waals surface area contributed by atoms with Crippen molar-refractivity contribution in [3.63, 3.8) is 0 Å². The molecule has 0 radical (unpaired) electrons. The van der Waals surface area contributed by atoms with E-state index in [-0.39, 0.29) is 5.91 Å². The monoisotopic (exact) mass is 300 g/mol. The number of hydrazone groups is 1. The van der Waals surface area contributed by atoms with Gasteiger partial charge in [-0.15, -0.1) is 0 Å². The summed E-state index contributed by atoms with van der Waals surface area (Å²) in [5.41, 5.74) is 6.74. The predicted octanol–water partition coefficient (Wildman–Crippen LogP) is 3.65. The summed E-state index contributed by atoms with van der Waals surface area (Å²) in [5.74, 6) is -0.132. The second kappa shape index (κ2) is 7.04. The highest BCUT2D eigenvalue weighted by Gasteiger charge is 2.04. The SMILES string of the molecule is Cc1ccc(CC(=O)N/N=C/c2ccc(Cl)cc2)c(C)c1.